The Bertz CT molecular complexity index is 2340. The molecule has 1 fully saturated rings. The number of hydroxylamine groups is 2. The molecule has 332 valence electrons. The van der Waals surface area contributed by atoms with E-state index in [1.165, 1.54) is 22.3 Å². The van der Waals surface area contributed by atoms with Gasteiger partial charge in [-0.3, -0.25) is 19.7 Å². The second-order valence-corrected chi connectivity index (χ2v) is 17.0. The standard InChI is InChI=1S/C53H58N4O7/c1-56(51(59)37-18-17-19-38(34-37)55-53(61)63-36-49-46-28-14-10-24-42(46)43-25-11-15-29-47(43)49)32-33-64-57(39-20-5-4-6-21-39)50(58)30-7-2-3-16-31-54-52(60)62-35-48-44-26-12-8-22-40(44)41-23-9-13-27-45(41)48/h8-15,17-19,22-29,34,39,48-49H,2-7,16,20-21,30-33,35-36H2,1H3,(H,54,60)(H,55,61). The Labute approximate surface area is 376 Å². The van der Waals surface area contributed by atoms with Crippen molar-refractivity contribution in [3.05, 3.63) is 149 Å². The predicted molar refractivity (Wildman–Crippen MR) is 248 cm³/mol. The SMILES string of the molecule is CN(CCON(C(=O)CCCCCCNC(=O)OCC1c2ccccc2-c2ccccc21)C1CCCCC1)C(=O)c1cccc(NC(=O)OCC2c3ccccc3-c3ccccc32)c1. The number of carbonyl (C=O) groups excluding carboxylic acids is 4. The summed E-state index contributed by atoms with van der Waals surface area (Å²) < 4.78 is 11.4. The zero-order valence-electron chi connectivity index (χ0n) is 36.6. The maximum Gasteiger partial charge on any atom is 0.411 e. The van der Waals surface area contributed by atoms with Crippen LogP contribution in [0.1, 0.15) is 109 Å². The molecule has 5 aromatic carbocycles. The van der Waals surface area contributed by atoms with Crippen LogP contribution in [0.2, 0.25) is 0 Å². The molecule has 0 saturated heterocycles. The maximum absolute atomic E-state index is 13.5. The van der Waals surface area contributed by atoms with Crippen LogP contribution in [0, 0.1) is 0 Å². The van der Waals surface area contributed by atoms with Gasteiger partial charge < -0.3 is 19.7 Å². The molecule has 2 N–H and O–H groups in total. The molecule has 11 heteroatoms. The first-order valence-electron chi connectivity index (χ1n) is 22.9. The van der Waals surface area contributed by atoms with E-state index in [2.05, 4.69) is 59.2 Å². The van der Waals surface area contributed by atoms with E-state index >= 15 is 0 Å². The minimum absolute atomic E-state index is 0.0179. The van der Waals surface area contributed by atoms with Crippen molar-refractivity contribution in [2.24, 2.45) is 0 Å². The Morgan fingerprint density at radius 1 is 0.609 bits per heavy atom. The van der Waals surface area contributed by atoms with Crippen LogP contribution in [0.4, 0.5) is 15.3 Å². The van der Waals surface area contributed by atoms with Gasteiger partial charge in [0.15, 0.2) is 0 Å². The van der Waals surface area contributed by atoms with Gasteiger partial charge in [0.1, 0.15) is 13.2 Å². The van der Waals surface area contributed by atoms with Crippen LogP contribution in [-0.4, -0.2) is 80.0 Å². The van der Waals surface area contributed by atoms with Crippen LogP contribution in [0.15, 0.2) is 121 Å². The van der Waals surface area contributed by atoms with E-state index < -0.39 is 12.2 Å². The van der Waals surface area contributed by atoms with Crippen molar-refractivity contribution in [3.8, 4) is 22.3 Å². The summed E-state index contributed by atoms with van der Waals surface area (Å²) in [4.78, 5) is 60.3. The molecule has 0 aromatic heterocycles. The van der Waals surface area contributed by atoms with Crippen molar-refractivity contribution in [3.63, 3.8) is 0 Å². The van der Waals surface area contributed by atoms with E-state index in [0.717, 1.165) is 80.0 Å². The molecular formula is C53H58N4O7. The van der Waals surface area contributed by atoms with Crippen LogP contribution < -0.4 is 10.6 Å². The highest BCUT2D eigenvalue weighted by molar-refractivity contribution is 5.96. The van der Waals surface area contributed by atoms with Gasteiger partial charge in [0.2, 0.25) is 5.91 Å². The van der Waals surface area contributed by atoms with Gasteiger partial charge in [-0.2, -0.15) is 0 Å². The topological polar surface area (TPSA) is 127 Å². The highest BCUT2D eigenvalue weighted by Crippen LogP contribution is 2.45. The van der Waals surface area contributed by atoms with Gasteiger partial charge in [-0.1, -0.05) is 135 Å². The molecule has 0 radical (unpaired) electrons. The highest BCUT2D eigenvalue weighted by Gasteiger charge is 2.31. The lowest BCUT2D eigenvalue weighted by molar-refractivity contribution is -0.204. The van der Waals surface area contributed by atoms with Crippen LogP contribution >= 0.6 is 0 Å². The van der Waals surface area contributed by atoms with Gasteiger partial charge in [-0.25, -0.2) is 14.7 Å². The van der Waals surface area contributed by atoms with E-state index in [1.54, 1.807) is 41.3 Å². The molecule has 0 atom stereocenters. The monoisotopic (exact) mass is 862 g/mol. The van der Waals surface area contributed by atoms with Crippen LogP contribution in [-0.2, 0) is 19.1 Å². The van der Waals surface area contributed by atoms with Gasteiger partial charge in [-0.15, -0.1) is 0 Å². The molecule has 5 aromatic rings. The zero-order valence-corrected chi connectivity index (χ0v) is 36.6. The molecule has 64 heavy (non-hydrogen) atoms. The first-order chi connectivity index (χ1) is 31.4. The number of rotatable bonds is 18. The fraction of sp³-hybridized carbons (Fsp3) is 0.358. The fourth-order valence-corrected chi connectivity index (χ4v) is 9.48. The van der Waals surface area contributed by atoms with Crippen molar-refractivity contribution >= 4 is 29.7 Å². The Morgan fingerprint density at radius 3 is 1.72 bits per heavy atom. The van der Waals surface area contributed by atoms with Gasteiger partial charge in [0, 0.05) is 49.6 Å². The van der Waals surface area contributed by atoms with Gasteiger partial charge in [0.25, 0.3) is 5.91 Å². The highest BCUT2D eigenvalue weighted by atomic mass is 16.7. The lowest BCUT2D eigenvalue weighted by Gasteiger charge is -2.33. The van der Waals surface area contributed by atoms with Crippen molar-refractivity contribution in [2.45, 2.75) is 82.1 Å². The Hall–Kier alpha value is -6.46. The summed E-state index contributed by atoms with van der Waals surface area (Å²) in [6.07, 6.45) is 7.62. The molecule has 11 nitrogen and oxygen atoms in total. The van der Waals surface area contributed by atoms with E-state index in [0.29, 0.717) is 24.2 Å². The lowest BCUT2D eigenvalue weighted by Crippen LogP contribution is -2.43. The van der Waals surface area contributed by atoms with Gasteiger partial charge in [0.05, 0.1) is 12.6 Å². The second kappa shape index (κ2) is 21.3. The summed E-state index contributed by atoms with van der Waals surface area (Å²) in [5, 5.41) is 7.25. The molecule has 8 rings (SSSR count). The van der Waals surface area contributed by atoms with E-state index in [9.17, 15) is 19.2 Å². The molecule has 0 aliphatic heterocycles. The lowest BCUT2D eigenvalue weighted by atomic mass is 9.95. The van der Waals surface area contributed by atoms with Crippen molar-refractivity contribution in [1.29, 1.82) is 0 Å². The molecule has 3 aliphatic carbocycles. The molecule has 4 amide bonds. The number of likely N-dealkylation sites (N-methyl/N-ethyl adjacent to an activating group) is 1. The van der Waals surface area contributed by atoms with Crippen molar-refractivity contribution < 1.29 is 33.5 Å². The molecule has 0 bridgehead atoms. The van der Waals surface area contributed by atoms with E-state index in [-0.39, 0.29) is 56.1 Å². The molecular weight excluding hydrogens is 805 g/mol. The fourth-order valence-electron chi connectivity index (χ4n) is 9.48. The number of ether oxygens (including phenoxy) is 2. The summed E-state index contributed by atoms with van der Waals surface area (Å²) in [6, 6.07) is 39.7. The Balaban J connectivity index is 0.737. The first kappa shape index (κ1) is 44.2. The normalized spacial score (nSPS) is 14.1. The average Bonchev–Trinajstić information content (AvgIpc) is 3.83. The maximum atomic E-state index is 13.5. The third-order valence-electron chi connectivity index (χ3n) is 12.8. The Morgan fingerprint density at radius 2 is 1.14 bits per heavy atom. The third kappa shape index (κ3) is 10.5. The minimum Gasteiger partial charge on any atom is -0.449 e. The summed E-state index contributed by atoms with van der Waals surface area (Å²) in [5.74, 6) is -0.307. The number of carbonyl (C=O) groups is 4. The number of fused-ring (bicyclic) bond motifs is 6. The Kier molecular flexibility index (Phi) is 14.7. The smallest absolute Gasteiger partial charge is 0.411 e. The number of nitrogens with zero attached hydrogens (tertiary/aromatic N) is 2. The predicted octanol–water partition coefficient (Wildman–Crippen LogP) is 10.7. The number of anilines is 1. The summed E-state index contributed by atoms with van der Waals surface area (Å²) in [7, 11) is 1.70. The van der Waals surface area contributed by atoms with Crippen LogP contribution in [0.5, 0.6) is 0 Å². The van der Waals surface area contributed by atoms with Gasteiger partial charge in [-0.05, 0) is 88.4 Å². The average molecular weight is 863 g/mol. The van der Waals surface area contributed by atoms with Crippen molar-refractivity contribution in [1.82, 2.24) is 15.3 Å². The minimum atomic E-state index is -0.594. The molecule has 0 spiro atoms. The third-order valence-corrected chi connectivity index (χ3v) is 12.8. The van der Waals surface area contributed by atoms with E-state index in [4.69, 9.17) is 14.3 Å². The summed E-state index contributed by atoms with van der Waals surface area (Å²) in [6.45, 7) is 1.42. The number of benzene rings is 5. The van der Waals surface area contributed by atoms with Crippen LogP contribution in [0.25, 0.3) is 22.3 Å². The van der Waals surface area contributed by atoms with E-state index in [1.807, 2.05) is 48.5 Å². The number of unbranched alkanes of at least 4 members (excludes halogenated alkanes) is 3. The summed E-state index contributed by atoms with van der Waals surface area (Å²) in [5.41, 5.74) is 10.2. The number of nitrogens with one attached hydrogen (secondary N) is 2. The molecule has 0 heterocycles. The molecule has 0 unspecified atom stereocenters. The van der Waals surface area contributed by atoms with Gasteiger partial charge >= 0.3 is 12.2 Å². The largest absolute Gasteiger partial charge is 0.449 e. The number of amides is 4. The van der Waals surface area contributed by atoms with Crippen LogP contribution in [0.3, 0.4) is 0 Å². The zero-order chi connectivity index (χ0) is 44.3. The second-order valence-electron chi connectivity index (χ2n) is 17.0. The number of hydrogen-bond donors (Lipinski definition) is 2. The molecule has 3 aliphatic rings. The van der Waals surface area contributed by atoms with Crippen molar-refractivity contribution in [2.75, 3.05) is 45.3 Å². The quantitative estimate of drug-likeness (QED) is 0.0663. The number of hydrogen-bond acceptors (Lipinski definition) is 7. The number of alkyl carbamates (subject to hydrolysis) is 1. The molecule has 1 saturated carbocycles. The summed E-state index contributed by atoms with van der Waals surface area (Å²) >= 11 is 0. The first-order valence-corrected chi connectivity index (χ1v) is 22.9.